The van der Waals surface area contributed by atoms with Crippen LogP contribution in [0.4, 0.5) is 9.18 Å². The Balaban J connectivity index is 1.21. The van der Waals surface area contributed by atoms with Crippen LogP contribution in [0.25, 0.3) is 10.9 Å². The maximum absolute atomic E-state index is 13.4. The number of nitrogens with zero attached hydrogens (tertiary/aromatic N) is 2. The number of benzene rings is 1. The van der Waals surface area contributed by atoms with E-state index in [1.54, 1.807) is 0 Å². The number of morpholine rings is 1. The lowest BCUT2D eigenvalue weighted by Gasteiger charge is -2.43. The number of nitrogens with one attached hydrogen (secondary N) is 2. The van der Waals surface area contributed by atoms with Crippen LogP contribution in [0.3, 0.4) is 0 Å². The van der Waals surface area contributed by atoms with Crippen molar-refractivity contribution in [3.8, 4) is 0 Å². The van der Waals surface area contributed by atoms with Gasteiger partial charge in [-0.2, -0.15) is 0 Å². The van der Waals surface area contributed by atoms with E-state index in [4.69, 9.17) is 4.74 Å². The number of hydrogen-bond acceptors (Lipinski definition) is 3. The predicted molar refractivity (Wildman–Crippen MR) is 105 cm³/mol. The molecule has 0 spiro atoms. The summed E-state index contributed by atoms with van der Waals surface area (Å²) in [6.07, 6.45) is 4.50. The predicted octanol–water partition coefficient (Wildman–Crippen LogP) is 2.20. The highest BCUT2D eigenvalue weighted by Gasteiger charge is 2.38. The Morgan fingerprint density at radius 3 is 2.76 bits per heavy atom. The van der Waals surface area contributed by atoms with Crippen molar-refractivity contribution < 1.29 is 18.7 Å². The monoisotopic (exact) mass is 400 g/mol. The first-order valence-corrected chi connectivity index (χ1v) is 10.3. The molecule has 7 nitrogen and oxygen atoms in total. The third-order valence-electron chi connectivity index (χ3n) is 6.48. The zero-order chi connectivity index (χ0) is 20.0. The van der Waals surface area contributed by atoms with Crippen molar-refractivity contribution in [1.29, 1.82) is 0 Å². The topological polar surface area (TPSA) is 77.7 Å². The van der Waals surface area contributed by atoms with E-state index in [2.05, 4.69) is 10.3 Å². The first kappa shape index (κ1) is 18.4. The van der Waals surface area contributed by atoms with E-state index in [0.29, 0.717) is 32.1 Å². The minimum atomic E-state index is -0.241. The molecule has 3 saturated heterocycles. The number of halogens is 1. The van der Waals surface area contributed by atoms with Gasteiger partial charge in [0.25, 0.3) is 0 Å². The van der Waals surface area contributed by atoms with Gasteiger partial charge in [-0.1, -0.05) is 0 Å². The van der Waals surface area contributed by atoms with E-state index < -0.39 is 0 Å². The number of urea groups is 1. The summed E-state index contributed by atoms with van der Waals surface area (Å²) in [7, 11) is 0. The van der Waals surface area contributed by atoms with Crippen molar-refractivity contribution in [2.45, 2.75) is 37.3 Å². The van der Waals surface area contributed by atoms with Crippen molar-refractivity contribution >= 4 is 22.8 Å². The fourth-order valence-corrected chi connectivity index (χ4v) is 4.91. The normalized spacial score (nSPS) is 25.8. The van der Waals surface area contributed by atoms with Gasteiger partial charge >= 0.3 is 6.03 Å². The second kappa shape index (κ2) is 7.33. The van der Waals surface area contributed by atoms with Gasteiger partial charge in [-0.05, 0) is 48.9 Å². The molecule has 1 unspecified atom stereocenters. The molecule has 1 aromatic heterocycles. The Bertz CT molecular complexity index is 937. The van der Waals surface area contributed by atoms with Gasteiger partial charge in [-0.15, -0.1) is 0 Å². The molecule has 2 aromatic rings. The molecular formula is C21H25FN4O3. The Kier molecular flexibility index (Phi) is 4.66. The van der Waals surface area contributed by atoms with Gasteiger partial charge in [0.2, 0.25) is 5.91 Å². The van der Waals surface area contributed by atoms with Gasteiger partial charge in [-0.3, -0.25) is 4.79 Å². The van der Waals surface area contributed by atoms with Gasteiger partial charge in [0.15, 0.2) is 0 Å². The molecule has 0 radical (unpaired) electrons. The minimum Gasteiger partial charge on any atom is -0.366 e. The van der Waals surface area contributed by atoms with Crippen LogP contribution in [0.15, 0.2) is 24.4 Å². The third-order valence-corrected chi connectivity index (χ3v) is 6.48. The average Bonchev–Trinajstić information content (AvgIpc) is 3.15. The summed E-state index contributed by atoms with van der Waals surface area (Å²) in [5.74, 6) is 0.00430. The van der Waals surface area contributed by atoms with Gasteiger partial charge in [0.05, 0.1) is 12.1 Å². The molecule has 4 heterocycles. The standard InChI is InChI=1S/C21H25FN4O3/c22-14-1-2-15-16(10-23-17(15)9-14)13-3-6-25(7-4-13)21(28)26-8-5-19-18(11-26)24-20(27)12-29-19/h1-2,9-10,13,18-19,23H,3-8,11-12H2,(H,24,27)/t18-,19?/m1/s1. The SMILES string of the molecule is O=C1COC2CCN(C(=O)N3CCC(c4c[nH]c5cc(F)ccc45)CC3)C[C@H]2N1. The lowest BCUT2D eigenvalue weighted by atomic mass is 9.89. The van der Waals surface area contributed by atoms with E-state index in [-0.39, 0.29) is 36.5 Å². The molecule has 29 heavy (non-hydrogen) atoms. The van der Waals surface area contributed by atoms with Crippen LogP contribution in [-0.2, 0) is 9.53 Å². The van der Waals surface area contributed by atoms with E-state index in [1.165, 1.54) is 17.7 Å². The molecule has 5 rings (SSSR count). The first-order chi connectivity index (χ1) is 14.1. The Morgan fingerprint density at radius 1 is 1.14 bits per heavy atom. The highest BCUT2D eigenvalue weighted by atomic mass is 19.1. The molecular weight excluding hydrogens is 375 g/mol. The second-order valence-corrected chi connectivity index (χ2v) is 8.24. The summed E-state index contributed by atoms with van der Waals surface area (Å²) in [6.45, 7) is 2.67. The lowest BCUT2D eigenvalue weighted by Crippen LogP contribution is -2.62. The largest absolute Gasteiger partial charge is 0.366 e. The number of aromatic nitrogens is 1. The molecule has 2 atom stereocenters. The number of rotatable bonds is 1. The summed E-state index contributed by atoms with van der Waals surface area (Å²) in [5.41, 5.74) is 2.02. The number of H-pyrrole nitrogens is 1. The fraction of sp³-hybridized carbons (Fsp3) is 0.524. The van der Waals surface area contributed by atoms with Crippen molar-refractivity contribution in [2.75, 3.05) is 32.8 Å². The van der Waals surface area contributed by atoms with E-state index >= 15 is 0 Å². The number of amides is 3. The lowest BCUT2D eigenvalue weighted by molar-refractivity contribution is -0.139. The number of likely N-dealkylation sites (tertiary alicyclic amines) is 2. The quantitative estimate of drug-likeness (QED) is 0.770. The zero-order valence-electron chi connectivity index (χ0n) is 16.2. The van der Waals surface area contributed by atoms with E-state index in [9.17, 15) is 14.0 Å². The summed E-state index contributed by atoms with van der Waals surface area (Å²) in [6, 6.07) is 4.78. The van der Waals surface area contributed by atoms with Crippen molar-refractivity contribution in [3.63, 3.8) is 0 Å². The van der Waals surface area contributed by atoms with E-state index in [0.717, 1.165) is 30.2 Å². The molecule has 154 valence electrons. The van der Waals surface area contributed by atoms with Crippen LogP contribution < -0.4 is 5.32 Å². The molecule has 3 fully saturated rings. The average molecular weight is 400 g/mol. The highest BCUT2D eigenvalue weighted by molar-refractivity contribution is 5.84. The Labute approximate surface area is 168 Å². The van der Waals surface area contributed by atoms with Gasteiger partial charge in [0.1, 0.15) is 12.4 Å². The number of fused-ring (bicyclic) bond motifs is 2. The molecule has 3 aliphatic rings. The van der Waals surface area contributed by atoms with Crippen LogP contribution in [0.2, 0.25) is 0 Å². The number of hydrogen-bond donors (Lipinski definition) is 2. The molecule has 3 aliphatic heterocycles. The number of ether oxygens (including phenoxy) is 1. The first-order valence-electron chi connectivity index (χ1n) is 10.3. The smallest absolute Gasteiger partial charge is 0.320 e. The minimum absolute atomic E-state index is 0.00851. The summed E-state index contributed by atoms with van der Waals surface area (Å²) >= 11 is 0. The van der Waals surface area contributed by atoms with Gasteiger partial charge < -0.3 is 24.8 Å². The summed E-state index contributed by atoms with van der Waals surface area (Å²) in [4.78, 5) is 31.5. The van der Waals surface area contributed by atoms with Crippen molar-refractivity contribution in [1.82, 2.24) is 20.1 Å². The number of piperidine rings is 2. The van der Waals surface area contributed by atoms with E-state index in [1.807, 2.05) is 22.1 Å². The Morgan fingerprint density at radius 2 is 1.93 bits per heavy atom. The molecule has 2 N–H and O–H groups in total. The van der Waals surface area contributed by atoms with Crippen LogP contribution >= 0.6 is 0 Å². The maximum Gasteiger partial charge on any atom is 0.320 e. The number of carbonyl (C=O) groups excluding carboxylic acids is 2. The number of carbonyl (C=O) groups is 2. The second-order valence-electron chi connectivity index (χ2n) is 8.24. The maximum atomic E-state index is 13.4. The molecule has 3 amide bonds. The molecule has 8 heteroatoms. The van der Waals surface area contributed by atoms with Crippen molar-refractivity contribution in [3.05, 3.63) is 35.8 Å². The van der Waals surface area contributed by atoms with Crippen molar-refractivity contribution in [2.24, 2.45) is 0 Å². The van der Waals surface area contributed by atoms with Gasteiger partial charge in [0, 0.05) is 43.3 Å². The van der Waals surface area contributed by atoms with Crippen LogP contribution in [0.1, 0.15) is 30.7 Å². The van der Waals surface area contributed by atoms with Gasteiger partial charge in [-0.25, -0.2) is 9.18 Å². The third kappa shape index (κ3) is 3.46. The molecule has 1 aromatic carbocycles. The molecule has 0 aliphatic carbocycles. The molecule has 0 saturated carbocycles. The molecule has 0 bridgehead atoms. The zero-order valence-corrected chi connectivity index (χ0v) is 16.2. The summed E-state index contributed by atoms with van der Waals surface area (Å²) in [5, 5.41) is 4.01. The van der Waals surface area contributed by atoms with Crippen LogP contribution in [0.5, 0.6) is 0 Å². The van der Waals surface area contributed by atoms with Crippen LogP contribution in [0, 0.1) is 5.82 Å². The number of aromatic amines is 1. The Hall–Kier alpha value is -2.61. The fourth-order valence-electron chi connectivity index (χ4n) is 4.91. The van der Waals surface area contributed by atoms with Crippen LogP contribution in [-0.4, -0.2) is 71.7 Å². The highest BCUT2D eigenvalue weighted by Crippen LogP contribution is 2.34. The summed E-state index contributed by atoms with van der Waals surface area (Å²) < 4.78 is 19.0.